The molecule has 0 radical (unpaired) electrons. The number of halogens is 4. The second-order valence-electron chi connectivity index (χ2n) is 6.34. The summed E-state index contributed by atoms with van der Waals surface area (Å²) in [5.41, 5.74) is -0.714. The molecule has 5 rings (SSSR count). The molecule has 2 aromatic carbocycles. The van der Waals surface area contributed by atoms with Crippen LogP contribution in [0.2, 0.25) is 20.1 Å². The highest BCUT2D eigenvalue weighted by molar-refractivity contribution is 7.18. The van der Waals surface area contributed by atoms with Gasteiger partial charge >= 0.3 is 11.3 Å². The van der Waals surface area contributed by atoms with Crippen LogP contribution in [0.25, 0.3) is 43.3 Å². The zero-order valence-corrected chi connectivity index (χ0v) is 18.8. The van der Waals surface area contributed by atoms with E-state index in [-0.39, 0.29) is 43.6 Å². The third kappa shape index (κ3) is 3.62. The Hall–Kier alpha value is -2.42. The summed E-state index contributed by atoms with van der Waals surface area (Å²) in [6.07, 6.45) is 0. The molecular weight excluding hydrogens is 506 g/mol. The highest BCUT2D eigenvalue weighted by Crippen LogP contribution is 2.35. The Morgan fingerprint density at radius 1 is 0.677 bits per heavy atom. The minimum atomic E-state index is -0.627. The maximum absolute atomic E-state index is 12.4. The van der Waals surface area contributed by atoms with Crippen molar-refractivity contribution in [1.82, 2.24) is 9.97 Å². The molecule has 0 aliphatic carbocycles. The number of benzene rings is 2. The van der Waals surface area contributed by atoms with E-state index in [4.69, 9.17) is 55.2 Å². The molecule has 0 fully saturated rings. The van der Waals surface area contributed by atoms with E-state index in [0.717, 1.165) is 11.3 Å². The minimum Gasteiger partial charge on any atom is -0.402 e. The first-order valence-corrected chi connectivity index (χ1v) is 10.8. The summed E-state index contributed by atoms with van der Waals surface area (Å²) in [6.45, 7) is 0. The Kier molecular flexibility index (Phi) is 5.03. The van der Waals surface area contributed by atoms with Crippen LogP contribution in [0.5, 0.6) is 0 Å². The fourth-order valence-corrected chi connectivity index (χ4v) is 4.91. The van der Waals surface area contributed by atoms with E-state index >= 15 is 0 Å². The highest BCUT2D eigenvalue weighted by Gasteiger charge is 2.17. The molecule has 0 saturated heterocycles. The van der Waals surface area contributed by atoms with E-state index in [1.807, 2.05) is 0 Å². The third-order valence-electron chi connectivity index (χ3n) is 4.33. The quantitative estimate of drug-likeness (QED) is 0.262. The molecule has 0 atom stereocenters. The monoisotopic (exact) mass is 510 g/mol. The van der Waals surface area contributed by atoms with Gasteiger partial charge in [-0.25, -0.2) is 19.6 Å². The lowest BCUT2D eigenvalue weighted by Gasteiger charge is -2.03. The van der Waals surface area contributed by atoms with Crippen LogP contribution in [0.4, 0.5) is 0 Å². The van der Waals surface area contributed by atoms with Crippen LogP contribution >= 0.6 is 57.7 Å². The van der Waals surface area contributed by atoms with Gasteiger partial charge in [0.25, 0.3) is 0 Å². The molecule has 3 heterocycles. The van der Waals surface area contributed by atoms with Gasteiger partial charge in [-0.05, 0) is 36.4 Å². The number of hydrogen-bond donors (Lipinski definition) is 0. The van der Waals surface area contributed by atoms with E-state index < -0.39 is 11.3 Å². The topological polar surface area (TPSA) is 86.2 Å². The standard InChI is InChI=1S/C20H6Cl4N2O4S/c21-7-3-9-15(11(23)5-7)25-17(29-19(9)27)13-1-2-14(31-13)18-26-16-10(20(28)30-18)4-8(22)6-12(16)24/h1-6H. The number of hydrogen-bond acceptors (Lipinski definition) is 7. The van der Waals surface area contributed by atoms with Crippen molar-refractivity contribution in [2.24, 2.45) is 0 Å². The number of fused-ring (bicyclic) bond motifs is 2. The average molecular weight is 512 g/mol. The van der Waals surface area contributed by atoms with Crippen LogP contribution < -0.4 is 11.3 Å². The molecule has 6 nitrogen and oxygen atoms in total. The summed E-state index contributed by atoms with van der Waals surface area (Å²) in [7, 11) is 0. The molecule has 11 heteroatoms. The molecule has 0 saturated carbocycles. The van der Waals surface area contributed by atoms with Gasteiger partial charge in [-0.1, -0.05) is 46.4 Å². The lowest BCUT2D eigenvalue weighted by Crippen LogP contribution is -2.03. The van der Waals surface area contributed by atoms with Crippen molar-refractivity contribution in [1.29, 1.82) is 0 Å². The first kappa shape index (κ1) is 20.5. The van der Waals surface area contributed by atoms with Crippen LogP contribution in [0, 0.1) is 0 Å². The number of nitrogens with zero attached hydrogens (tertiary/aromatic N) is 2. The summed E-state index contributed by atoms with van der Waals surface area (Å²) in [6, 6.07) is 9.19. The van der Waals surface area contributed by atoms with E-state index in [1.165, 1.54) is 24.3 Å². The zero-order chi connectivity index (χ0) is 21.9. The van der Waals surface area contributed by atoms with Gasteiger partial charge in [0.15, 0.2) is 0 Å². The van der Waals surface area contributed by atoms with Crippen molar-refractivity contribution < 1.29 is 8.83 Å². The maximum atomic E-state index is 12.4. The van der Waals surface area contributed by atoms with Gasteiger partial charge in [0.1, 0.15) is 11.0 Å². The van der Waals surface area contributed by atoms with Gasteiger partial charge in [-0.3, -0.25) is 0 Å². The van der Waals surface area contributed by atoms with Crippen molar-refractivity contribution in [3.63, 3.8) is 0 Å². The Labute approximate surface area is 196 Å². The highest BCUT2D eigenvalue weighted by atomic mass is 35.5. The second kappa shape index (κ2) is 7.62. The van der Waals surface area contributed by atoms with Crippen molar-refractivity contribution in [3.05, 3.63) is 77.3 Å². The Morgan fingerprint density at radius 3 is 1.52 bits per heavy atom. The number of thiophene rings is 1. The van der Waals surface area contributed by atoms with E-state index in [1.54, 1.807) is 12.1 Å². The minimum absolute atomic E-state index is 0.0610. The molecule has 31 heavy (non-hydrogen) atoms. The van der Waals surface area contributed by atoms with Gasteiger partial charge in [-0.15, -0.1) is 11.3 Å². The van der Waals surface area contributed by atoms with Crippen LogP contribution in [-0.4, -0.2) is 9.97 Å². The Morgan fingerprint density at radius 2 is 1.10 bits per heavy atom. The summed E-state index contributed by atoms with van der Waals surface area (Å²) in [5.74, 6) is 0.122. The molecule has 0 bridgehead atoms. The van der Waals surface area contributed by atoms with Crippen LogP contribution in [0.1, 0.15) is 0 Å². The number of rotatable bonds is 2. The molecule has 154 valence electrons. The summed E-state index contributed by atoms with van der Waals surface area (Å²) >= 11 is 25.4. The van der Waals surface area contributed by atoms with Gasteiger partial charge in [-0.2, -0.15) is 0 Å². The predicted octanol–water partition coefficient (Wildman–Crippen LogP) is 6.70. The number of aromatic nitrogens is 2. The molecule has 0 amide bonds. The average Bonchev–Trinajstić information content (AvgIpc) is 3.19. The maximum Gasteiger partial charge on any atom is 0.347 e. The van der Waals surface area contributed by atoms with Gasteiger partial charge in [0, 0.05) is 10.0 Å². The SMILES string of the molecule is O=c1oc(-c2ccc(-c3nc4c(Cl)cc(Cl)cc4c(=O)o3)s2)nc2c(Cl)cc(Cl)cc12. The fourth-order valence-electron chi connectivity index (χ4n) is 2.98. The summed E-state index contributed by atoms with van der Waals surface area (Å²) in [5, 5.41) is 1.40. The van der Waals surface area contributed by atoms with E-state index in [2.05, 4.69) is 9.97 Å². The smallest absolute Gasteiger partial charge is 0.347 e. The molecule has 0 aliphatic heterocycles. The largest absolute Gasteiger partial charge is 0.402 e. The molecule has 0 unspecified atom stereocenters. The summed E-state index contributed by atoms with van der Waals surface area (Å²) in [4.78, 5) is 34.5. The van der Waals surface area contributed by atoms with Crippen LogP contribution in [-0.2, 0) is 0 Å². The molecule has 0 aliphatic rings. The first-order valence-electron chi connectivity index (χ1n) is 8.50. The first-order chi connectivity index (χ1) is 14.8. The van der Waals surface area contributed by atoms with Crippen molar-refractivity contribution in [2.75, 3.05) is 0 Å². The molecule has 0 spiro atoms. The van der Waals surface area contributed by atoms with Crippen molar-refractivity contribution in [2.45, 2.75) is 0 Å². The van der Waals surface area contributed by atoms with Crippen molar-refractivity contribution in [3.8, 4) is 21.5 Å². The molecular formula is C20H6Cl4N2O4S. The van der Waals surface area contributed by atoms with E-state index in [9.17, 15) is 9.59 Å². The molecule has 5 aromatic rings. The van der Waals surface area contributed by atoms with Crippen LogP contribution in [0.3, 0.4) is 0 Å². The lowest BCUT2D eigenvalue weighted by atomic mass is 10.2. The summed E-state index contributed by atoms with van der Waals surface area (Å²) < 4.78 is 10.7. The fraction of sp³-hybridized carbons (Fsp3) is 0. The zero-order valence-electron chi connectivity index (χ0n) is 14.9. The molecule has 3 aromatic heterocycles. The lowest BCUT2D eigenvalue weighted by molar-refractivity contribution is 0.519. The normalized spacial score (nSPS) is 11.5. The van der Waals surface area contributed by atoms with Gasteiger partial charge < -0.3 is 8.83 Å². The third-order valence-corrected chi connectivity index (χ3v) is 6.40. The van der Waals surface area contributed by atoms with Gasteiger partial charge in [0.2, 0.25) is 11.8 Å². The Bertz CT molecular complexity index is 1520. The van der Waals surface area contributed by atoms with E-state index in [0.29, 0.717) is 19.8 Å². The predicted molar refractivity (Wildman–Crippen MR) is 123 cm³/mol. The second-order valence-corrected chi connectivity index (χ2v) is 9.12. The van der Waals surface area contributed by atoms with Crippen molar-refractivity contribution >= 4 is 79.5 Å². The Balaban J connectivity index is 1.64. The van der Waals surface area contributed by atoms with Gasteiger partial charge in [0.05, 0.1) is 30.6 Å². The molecule has 0 N–H and O–H groups in total. The van der Waals surface area contributed by atoms with Crippen LogP contribution in [0.15, 0.2) is 54.8 Å².